The van der Waals surface area contributed by atoms with Crippen LogP contribution in [0.4, 0.5) is 5.69 Å². The molecule has 1 saturated heterocycles. The highest BCUT2D eigenvalue weighted by molar-refractivity contribution is 5.73. The van der Waals surface area contributed by atoms with Crippen LogP contribution in [0.2, 0.25) is 0 Å². The van der Waals surface area contributed by atoms with Crippen LogP contribution in [0.1, 0.15) is 25.3 Å². The number of amides is 1. The van der Waals surface area contributed by atoms with Gasteiger partial charge in [-0.3, -0.25) is 9.69 Å². The molecule has 1 aliphatic rings. The minimum absolute atomic E-state index is 0.0734. The Bertz CT molecular complexity index is 411. The molecule has 2 rings (SSSR count). The van der Waals surface area contributed by atoms with Gasteiger partial charge in [0.1, 0.15) is 0 Å². The van der Waals surface area contributed by atoms with E-state index in [1.807, 2.05) is 18.2 Å². The van der Waals surface area contributed by atoms with E-state index in [0.29, 0.717) is 6.04 Å². The van der Waals surface area contributed by atoms with Gasteiger partial charge >= 0.3 is 0 Å². The second-order valence-electron chi connectivity index (χ2n) is 5.00. The molecule has 18 heavy (non-hydrogen) atoms. The molecule has 1 fully saturated rings. The third-order valence-electron chi connectivity index (χ3n) is 3.35. The molecule has 1 aliphatic heterocycles. The molecule has 1 amide bonds. The predicted molar refractivity (Wildman–Crippen MR) is 73.0 cm³/mol. The van der Waals surface area contributed by atoms with E-state index < -0.39 is 0 Å². The first-order valence-electron chi connectivity index (χ1n) is 6.47. The molecule has 0 aromatic heterocycles. The Morgan fingerprint density at radius 1 is 1.44 bits per heavy atom. The van der Waals surface area contributed by atoms with Crippen molar-refractivity contribution in [1.82, 2.24) is 10.2 Å². The Labute approximate surface area is 108 Å². The molecule has 0 radical (unpaired) electrons. The van der Waals surface area contributed by atoms with Crippen molar-refractivity contribution in [2.24, 2.45) is 0 Å². The summed E-state index contributed by atoms with van der Waals surface area (Å²) in [6.45, 7) is 4.58. The van der Waals surface area contributed by atoms with Crippen molar-refractivity contribution in [1.29, 1.82) is 0 Å². The summed E-state index contributed by atoms with van der Waals surface area (Å²) in [4.78, 5) is 13.4. The number of likely N-dealkylation sites (tertiary alicyclic amines) is 1. The van der Waals surface area contributed by atoms with Gasteiger partial charge in [0.05, 0.1) is 0 Å². The second kappa shape index (κ2) is 5.87. The molecule has 98 valence electrons. The van der Waals surface area contributed by atoms with Crippen LogP contribution in [0.15, 0.2) is 24.3 Å². The quantitative estimate of drug-likeness (QED) is 0.793. The zero-order valence-electron chi connectivity index (χ0n) is 10.9. The maximum absolute atomic E-state index is 11.0. The van der Waals surface area contributed by atoms with Crippen molar-refractivity contribution in [3.63, 3.8) is 0 Å². The van der Waals surface area contributed by atoms with Crippen molar-refractivity contribution in [3.8, 4) is 0 Å². The van der Waals surface area contributed by atoms with E-state index in [-0.39, 0.29) is 5.91 Å². The zero-order valence-corrected chi connectivity index (χ0v) is 10.9. The van der Waals surface area contributed by atoms with E-state index >= 15 is 0 Å². The van der Waals surface area contributed by atoms with Crippen molar-refractivity contribution >= 4 is 11.6 Å². The Kier molecular flexibility index (Phi) is 4.20. The lowest BCUT2D eigenvalue weighted by Crippen LogP contribution is -2.43. The molecule has 1 heterocycles. The summed E-state index contributed by atoms with van der Waals surface area (Å²) in [5, 5.41) is 2.99. The minimum Gasteiger partial charge on any atom is -0.399 e. The van der Waals surface area contributed by atoms with Crippen LogP contribution in [-0.4, -0.2) is 29.9 Å². The summed E-state index contributed by atoms with van der Waals surface area (Å²) in [7, 11) is 0. The lowest BCUT2D eigenvalue weighted by molar-refractivity contribution is -0.119. The van der Waals surface area contributed by atoms with Crippen LogP contribution in [-0.2, 0) is 11.3 Å². The molecule has 1 aromatic carbocycles. The lowest BCUT2D eigenvalue weighted by Gasteiger charge is -2.32. The van der Waals surface area contributed by atoms with Gasteiger partial charge in [0.15, 0.2) is 0 Å². The molecular formula is C14H21N3O. The molecule has 0 spiro atoms. The molecule has 0 aliphatic carbocycles. The molecule has 0 unspecified atom stereocenters. The molecule has 4 heteroatoms. The lowest BCUT2D eigenvalue weighted by atomic mass is 10.0. The van der Waals surface area contributed by atoms with E-state index in [1.54, 1.807) is 6.92 Å². The van der Waals surface area contributed by atoms with Gasteiger partial charge in [-0.2, -0.15) is 0 Å². The van der Waals surface area contributed by atoms with Gasteiger partial charge in [0, 0.05) is 38.3 Å². The highest BCUT2D eigenvalue weighted by Crippen LogP contribution is 2.15. The molecular weight excluding hydrogens is 226 g/mol. The van der Waals surface area contributed by atoms with Crippen molar-refractivity contribution < 1.29 is 4.79 Å². The fourth-order valence-electron chi connectivity index (χ4n) is 2.47. The number of nitrogens with one attached hydrogen (secondary N) is 1. The summed E-state index contributed by atoms with van der Waals surface area (Å²) in [6.07, 6.45) is 2.06. The number of nitrogen functional groups attached to an aromatic ring is 1. The summed E-state index contributed by atoms with van der Waals surface area (Å²) >= 11 is 0. The SMILES string of the molecule is CC(=O)NC1CCN(Cc2cccc(N)c2)CC1. The maximum atomic E-state index is 11.0. The third kappa shape index (κ3) is 3.74. The Morgan fingerprint density at radius 3 is 2.78 bits per heavy atom. The number of nitrogens with two attached hydrogens (primary N) is 1. The van der Waals surface area contributed by atoms with Gasteiger partial charge < -0.3 is 11.1 Å². The van der Waals surface area contributed by atoms with Gasteiger partial charge in [-0.1, -0.05) is 12.1 Å². The molecule has 3 N–H and O–H groups in total. The number of piperidine rings is 1. The number of hydrogen-bond donors (Lipinski definition) is 2. The van der Waals surface area contributed by atoms with Crippen LogP contribution in [0.25, 0.3) is 0 Å². The fourth-order valence-corrected chi connectivity index (χ4v) is 2.47. The monoisotopic (exact) mass is 247 g/mol. The predicted octanol–water partition coefficient (Wildman–Crippen LogP) is 1.37. The smallest absolute Gasteiger partial charge is 0.217 e. The number of rotatable bonds is 3. The number of nitrogens with zero attached hydrogens (tertiary/aromatic N) is 1. The van der Waals surface area contributed by atoms with Crippen molar-refractivity contribution in [2.75, 3.05) is 18.8 Å². The average Bonchev–Trinajstić information content (AvgIpc) is 2.31. The number of carbonyl (C=O) groups excluding carboxylic acids is 1. The topological polar surface area (TPSA) is 58.4 Å². The van der Waals surface area contributed by atoms with Crippen LogP contribution in [0.5, 0.6) is 0 Å². The highest BCUT2D eigenvalue weighted by Gasteiger charge is 2.19. The van der Waals surface area contributed by atoms with Gasteiger partial charge in [-0.25, -0.2) is 0 Å². The van der Waals surface area contributed by atoms with Crippen LogP contribution in [0.3, 0.4) is 0 Å². The summed E-state index contributed by atoms with van der Waals surface area (Å²) in [5.74, 6) is 0.0734. The summed E-state index contributed by atoms with van der Waals surface area (Å²) < 4.78 is 0. The minimum atomic E-state index is 0.0734. The fraction of sp³-hybridized carbons (Fsp3) is 0.500. The van der Waals surface area contributed by atoms with Crippen LogP contribution in [0, 0.1) is 0 Å². The summed E-state index contributed by atoms with van der Waals surface area (Å²) in [6, 6.07) is 8.39. The molecule has 0 saturated carbocycles. The third-order valence-corrected chi connectivity index (χ3v) is 3.35. The average molecular weight is 247 g/mol. The number of hydrogen-bond acceptors (Lipinski definition) is 3. The molecule has 0 atom stereocenters. The van der Waals surface area contributed by atoms with E-state index in [9.17, 15) is 4.79 Å². The first kappa shape index (κ1) is 12.9. The van der Waals surface area contributed by atoms with E-state index in [0.717, 1.165) is 38.2 Å². The largest absolute Gasteiger partial charge is 0.399 e. The van der Waals surface area contributed by atoms with Gasteiger partial charge in [0.2, 0.25) is 5.91 Å². The van der Waals surface area contributed by atoms with Gasteiger partial charge in [-0.05, 0) is 30.5 Å². The molecule has 4 nitrogen and oxygen atoms in total. The van der Waals surface area contributed by atoms with Gasteiger partial charge in [-0.15, -0.1) is 0 Å². The first-order valence-corrected chi connectivity index (χ1v) is 6.47. The van der Waals surface area contributed by atoms with E-state index in [2.05, 4.69) is 16.3 Å². The Morgan fingerprint density at radius 2 is 2.17 bits per heavy atom. The first-order chi connectivity index (χ1) is 8.63. The molecule has 0 bridgehead atoms. The second-order valence-corrected chi connectivity index (χ2v) is 5.00. The Hall–Kier alpha value is -1.55. The normalized spacial score (nSPS) is 17.6. The van der Waals surface area contributed by atoms with Gasteiger partial charge in [0.25, 0.3) is 0 Å². The number of carbonyl (C=O) groups is 1. The number of anilines is 1. The number of benzene rings is 1. The van der Waals surface area contributed by atoms with E-state index in [1.165, 1.54) is 5.56 Å². The molecule has 1 aromatic rings. The maximum Gasteiger partial charge on any atom is 0.217 e. The summed E-state index contributed by atoms with van der Waals surface area (Å²) in [5.41, 5.74) is 7.85. The van der Waals surface area contributed by atoms with Crippen LogP contribution >= 0.6 is 0 Å². The van der Waals surface area contributed by atoms with E-state index in [4.69, 9.17) is 5.73 Å². The van der Waals surface area contributed by atoms with Crippen LogP contribution < -0.4 is 11.1 Å². The van der Waals surface area contributed by atoms with Crippen molar-refractivity contribution in [2.45, 2.75) is 32.4 Å². The standard InChI is InChI=1S/C14H21N3O/c1-11(18)16-14-5-7-17(8-6-14)10-12-3-2-4-13(15)9-12/h2-4,9,14H,5-8,10,15H2,1H3,(H,16,18). The Balaban J connectivity index is 1.81. The highest BCUT2D eigenvalue weighted by atomic mass is 16.1. The van der Waals surface area contributed by atoms with Crippen molar-refractivity contribution in [3.05, 3.63) is 29.8 Å². The zero-order chi connectivity index (χ0) is 13.0.